The molecule has 0 heterocycles. The average Bonchev–Trinajstić information content (AvgIpc) is 2.46. The Morgan fingerprint density at radius 1 is 1.30 bits per heavy atom. The molecule has 0 fully saturated rings. The first-order chi connectivity index (χ1) is 9.63. The molecule has 112 valence electrons. The van der Waals surface area contributed by atoms with Gasteiger partial charge in [0.25, 0.3) is 0 Å². The summed E-state index contributed by atoms with van der Waals surface area (Å²) in [6.07, 6.45) is 1.39. The molecule has 2 N–H and O–H groups in total. The second kappa shape index (κ2) is 9.50. The maximum atomic E-state index is 11.8. The maximum absolute atomic E-state index is 11.8. The van der Waals surface area contributed by atoms with Gasteiger partial charge in [0.05, 0.1) is 12.0 Å². The highest BCUT2D eigenvalue weighted by Crippen LogP contribution is 2.04. The van der Waals surface area contributed by atoms with E-state index < -0.39 is 0 Å². The van der Waals surface area contributed by atoms with Crippen LogP contribution in [0.5, 0.6) is 0 Å². The Bertz CT molecular complexity index is 381. The lowest BCUT2D eigenvalue weighted by Crippen LogP contribution is -2.33. The largest absolute Gasteiger partial charge is 0.461 e. The Morgan fingerprint density at radius 2 is 2.00 bits per heavy atom. The molecule has 20 heavy (non-hydrogen) atoms. The summed E-state index contributed by atoms with van der Waals surface area (Å²) in [6.45, 7) is 5.21. The van der Waals surface area contributed by atoms with Crippen molar-refractivity contribution in [2.24, 2.45) is 5.92 Å². The van der Waals surface area contributed by atoms with Crippen LogP contribution in [-0.4, -0.2) is 30.3 Å². The van der Waals surface area contributed by atoms with Crippen LogP contribution in [0.1, 0.15) is 32.3 Å². The van der Waals surface area contributed by atoms with Crippen LogP contribution in [0.4, 0.5) is 0 Å². The number of carbonyl (C=O) groups is 1. The van der Waals surface area contributed by atoms with Gasteiger partial charge < -0.3 is 15.2 Å². The molecule has 0 aliphatic heterocycles. The Kier molecular flexibility index (Phi) is 7.92. The predicted octanol–water partition coefficient (Wildman–Crippen LogP) is 2.12. The van der Waals surface area contributed by atoms with E-state index >= 15 is 0 Å². The molecule has 4 heteroatoms. The fourth-order valence-corrected chi connectivity index (χ4v) is 1.86. The summed E-state index contributed by atoms with van der Waals surface area (Å²) in [5.74, 6) is -0.432. The molecule has 0 radical (unpaired) electrons. The number of hydrogen-bond donors (Lipinski definition) is 2. The standard InChI is InChI=1S/C16H25NO3/c1-3-7-15(18)11-17-10-13(2)16(19)20-12-14-8-5-4-6-9-14/h4-6,8-9,13,15,17-18H,3,7,10-12H2,1-2H3. The minimum absolute atomic E-state index is 0.215. The Balaban J connectivity index is 2.19. The molecule has 0 amide bonds. The number of aliphatic hydroxyl groups is 1. The van der Waals surface area contributed by atoms with Gasteiger partial charge in [0.2, 0.25) is 0 Å². The zero-order chi connectivity index (χ0) is 14.8. The van der Waals surface area contributed by atoms with Crippen molar-refractivity contribution in [3.05, 3.63) is 35.9 Å². The number of esters is 1. The fourth-order valence-electron chi connectivity index (χ4n) is 1.86. The van der Waals surface area contributed by atoms with Gasteiger partial charge in [-0.15, -0.1) is 0 Å². The minimum Gasteiger partial charge on any atom is -0.461 e. The third kappa shape index (κ3) is 6.68. The predicted molar refractivity (Wildman–Crippen MR) is 79.2 cm³/mol. The van der Waals surface area contributed by atoms with E-state index in [-0.39, 0.29) is 18.0 Å². The van der Waals surface area contributed by atoms with Crippen LogP contribution in [-0.2, 0) is 16.1 Å². The topological polar surface area (TPSA) is 58.6 Å². The number of carbonyl (C=O) groups excluding carboxylic acids is 1. The number of ether oxygens (including phenoxy) is 1. The van der Waals surface area contributed by atoms with Gasteiger partial charge in [-0.3, -0.25) is 4.79 Å². The van der Waals surface area contributed by atoms with Crippen LogP contribution in [0.2, 0.25) is 0 Å². The van der Waals surface area contributed by atoms with Gasteiger partial charge in [-0.25, -0.2) is 0 Å². The first-order valence-corrected chi connectivity index (χ1v) is 7.22. The number of rotatable bonds is 9. The molecule has 4 nitrogen and oxygen atoms in total. The first kappa shape index (κ1) is 16.7. The van der Waals surface area contributed by atoms with Crippen LogP contribution in [0, 0.1) is 5.92 Å². The summed E-state index contributed by atoms with van der Waals surface area (Å²) in [7, 11) is 0. The van der Waals surface area contributed by atoms with Crippen molar-refractivity contribution in [3.8, 4) is 0 Å². The lowest BCUT2D eigenvalue weighted by Gasteiger charge is -2.14. The molecule has 0 saturated heterocycles. The van der Waals surface area contributed by atoms with Crippen LogP contribution in [0.3, 0.4) is 0 Å². The Labute approximate surface area is 121 Å². The number of hydrogen-bond acceptors (Lipinski definition) is 4. The number of benzene rings is 1. The average molecular weight is 279 g/mol. The monoisotopic (exact) mass is 279 g/mol. The summed E-state index contributed by atoms with van der Waals surface area (Å²) in [5.41, 5.74) is 0.986. The molecular formula is C16H25NO3. The van der Waals surface area contributed by atoms with E-state index in [9.17, 15) is 9.90 Å². The van der Waals surface area contributed by atoms with Crippen molar-refractivity contribution in [1.82, 2.24) is 5.32 Å². The number of nitrogens with one attached hydrogen (secondary N) is 1. The smallest absolute Gasteiger partial charge is 0.310 e. The van der Waals surface area contributed by atoms with Crippen molar-refractivity contribution < 1.29 is 14.6 Å². The molecule has 0 spiro atoms. The van der Waals surface area contributed by atoms with Gasteiger partial charge in [0.1, 0.15) is 6.61 Å². The molecule has 0 aromatic heterocycles. The van der Waals surface area contributed by atoms with Crippen molar-refractivity contribution in [2.75, 3.05) is 13.1 Å². The van der Waals surface area contributed by atoms with Gasteiger partial charge in [0, 0.05) is 13.1 Å². The van der Waals surface area contributed by atoms with E-state index in [1.165, 1.54) is 0 Å². The molecule has 0 aliphatic carbocycles. The number of aliphatic hydroxyl groups excluding tert-OH is 1. The van der Waals surface area contributed by atoms with E-state index in [1.807, 2.05) is 44.2 Å². The molecule has 0 saturated carbocycles. The third-order valence-corrected chi connectivity index (χ3v) is 3.08. The van der Waals surface area contributed by atoms with Gasteiger partial charge >= 0.3 is 5.97 Å². The summed E-state index contributed by atoms with van der Waals surface area (Å²) in [4.78, 5) is 11.8. The highest BCUT2D eigenvalue weighted by atomic mass is 16.5. The van der Waals surface area contributed by atoms with Crippen LogP contribution in [0.25, 0.3) is 0 Å². The SMILES string of the molecule is CCCC(O)CNCC(C)C(=O)OCc1ccccc1. The highest BCUT2D eigenvalue weighted by molar-refractivity contribution is 5.72. The fraction of sp³-hybridized carbons (Fsp3) is 0.562. The van der Waals surface area contributed by atoms with Crippen molar-refractivity contribution >= 4 is 5.97 Å². The second-order valence-electron chi connectivity index (χ2n) is 5.10. The van der Waals surface area contributed by atoms with Gasteiger partial charge in [-0.2, -0.15) is 0 Å². The maximum Gasteiger partial charge on any atom is 0.310 e. The van der Waals surface area contributed by atoms with E-state index in [0.29, 0.717) is 19.7 Å². The quantitative estimate of drug-likeness (QED) is 0.680. The summed E-state index contributed by atoms with van der Waals surface area (Å²) < 4.78 is 5.25. The molecule has 0 aliphatic rings. The lowest BCUT2D eigenvalue weighted by atomic mass is 10.1. The van der Waals surface area contributed by atoms with Gasteiger partial charge in [-0.05, 0) is 12.0 Å². The van der Waals surface area contributed by atoms with Gasteiger partial charge in [-0.1, -0.05) is 50.6 Å². The van der Waals surface area contributed by atoms with Crippen molar-refractivity contribution in [3.63, 3.8) is 0 Å². The van der Waals surface area contributed by atoms with Crippen molar-refractivity contribution in [2.45, 2.75) is 39.4 Å². The minimum atomic E-state index is -0.340. The molecule has 2 atom stereocenters. The molecule has 1 rings (SSSR count). The zero-order valence-electron chi connectivity index (χ0n) is 12.3. The molecule has 2 unspecified atom stereocenters. The van der Waals surface area contributed by atoms with Gasteiger partial charge in [0.15, 0.2) is 0 Å². The summed E-state index contributed by atoms with van der Waals surface area (Å²) in [6, 6.07) is 9.63. The molecular weight excluding hydrogens is 254 g/mol. The van der Waals surface area contributed by atoms with E-state index in [0.717, 1.165) is 18.4 Å². The summed E-state index contributed by atoms with van der Waals surface area (Å²) in [5, 5.41) is 12.7. The normalized spacial score (nSPS) is 13.8. The summed E-state index contributed by atoms with van der Waals surface area (Å²) >= 11 is 0. The van der Waals surface area contributed by atoms with Crippen LogP contribution in [0.15, 0.2) is 30.3 Å². The van der Waals surface area contributed by atoms with E-state index in [4.69, 9.17) is 4.74 Å². The van der Waals surface area contributed by atoms with E-state index in [2.05, 4.69) is 5.32 Å². The molecule has 0 bridgehead atoms. The lowest BCUT2D eigenvalue weighted by molar-refractivity contribution is -0.149. The first-order valence-electron chi connectivity index (χ1n) is 7.22. The second-order valence-corrected chi connectivity index (χ2v) is 5.10. The van der Waals surface area contributed by atoms with Crippen molar-refractivity contribution in [1.29, 1.82) is 0 Å². The van der Waals surface area contributed by atoms with E-state index in [1.54, 1.807) is 0 Å². The Hall–Kier alpha value is -1.39. The zero-order valence-corrected chi connectivity index (χ0v) is 12.3. The highest BCUT2D eigenvalue weighted by Gasteiger charge is 2.14. The van der Waals surface area contributed by atoms with Crippen LogP contribution >= 0.6 is 0 Å². The Morgan fingerprint density at radius 3 is 2.65 bits per heavy atom. The molecule has 1 aromatic carbocycles. The molecule has 1 aromatic rings. The third-order valence-electron chi connectivity index (χ3n) is 3.08. The van der Waals surface area contributed by atoms with Crippen LogP contribution < -0.4 is 5.32 Å².